The molecule has 0 unspecified atom stereocenters. The van der Waals surface area contributed by atoms with Crippen molar-refractivity contribution in [3.05, 3.63) is 33.4 Å². The quantitative estimate of drug-likeness (QED) is 0.0808. The maximum Gasteiger partial charge on any atom is 0.367 e. The number of unbranched alkanes of at least 4 members (excludes halogenated alkanes) is 3. The number of nitrogens with zero attached hydrogens (tertiary/aromatic N) is 2. The Kier molecular flexibility index (Phi) is 9.73. The molecular weight excluding hydrogens is 532 g/mol. The minimum Gasteiger partial charge on any atom is -0.872 e. The van der Waals surface area contributed by atoms with Crippen LogP contribution in [0.15, 0.2) is 12.1 Å². The Morgan fingerprint density at radius 3 is 2.29 bits per heavy atom. The Bertz CT molecular complexity index is 1170. The summed E-state index contributed by atoms with van der Waals surface area (Å²) in [5.41, 5.74) is -0.744. The summed E-state index contributed by atoms with van der Waals surface area (Å²) in [6.45, 7) is 7.67. The number of carbonyl (C=O) groups is 3. The Morgan fingerprint density at radius 1 is 1.10 bits per heavy atom. The minimum atomic E-state index is -1.21. The van der Waals surface area contributed by atoms with Crippen LogP contribution in [0.3, 0.4) is 0 Å². The molecule has 4 rings (SSSR count). The first kappa shape index (κ1) is 32.3. The highest BCUT2D eigenvalue weighted by Crippen LogP contribution is 2.64. The third-order valence-corrected chi connectivity index (χ3v) is 8.64. The van der Waals surface area contributed by atoms with Crippen molar-refractivity contribution in [3.63, 3.8) is 0 Å². The fourth-order valence-electron chi connectivity index (χ4n) is 6.11. The summed E-state index contributed by atoms with van der Waals surface area (Å²) in [5, 5.41) is 23.1. The number of hydrogen-bond donors (Lipinski definition) is 0. The van der Waals surface area contributed by atoms with E-state index in [2.05, 4.69) is 18.7 Å². The van der Waals surface area contributed by atoms with Crippen molar-refractivity contribution in [2.75, 3.05) is 40.9 Å². The number of benzene rings is 1. The van der Waals surface area contributed by atoms with E-state index in [9.17, 15) is 29.6 Å². The zero-order valence-electron chi connectivity index (χ0n) is 25.3. The Morgan fingerprint density at radius 2 is 1.73 bits per heavy atom. The van der Waals surface area contributed by atoms with Crippen molar-refractivity contribution in [1.82, 2.24) is 0 Å². The van der Waals surface area contributed by atoms with Gasteiger partial charge in [0.25, 0.3) is 5.09 Å². The Hall–Kier alpha value is -3.21. The van der Waals surface area contributed by atoms with Crippen molar-refractivity contribution >= 4 is 17.7 Å². The first-order valence-electron chi connectivity index (χ1n) is 14.3. The Labute approximate surface area is 241 Å². The average Bonchev–Trinajstić information content (AvgIpc) is 2.83. The van der Waals surface area contributed by atoms with Gasteiger partial charge in [-0.3, -0.25) is 9.59 Å². The largest absolute Gasteiger partial charge is 0.872 e. The van der Waals surface area contributed by atoms with Crippen LogP contribution in [0.2, 0.25) is 0 Å². The molecule has 2 bridgehead atoms. The van der Waals surface area contributed by atoms with Crippen LogP contribution in [0.25, 0.3) is 0 Å². The molecule has 41 heavy (non-hydrogen) atoms. The van der Waals surface area contributed by atoms with Crippen molar-refractivity contribution in [1.29, 1.82) is 0 Å². The van der Waals surface area contributed by atoms with Crippen LogP contribution in [-0.2, 0) is 29.4 Å². The van der Waals surface area contributed by atoms with Crippen molar-refractivity contribution in [2.45, 2.75) is 77.6 Å². The lowest BCUT2D eigenvalue weighted by Crippen LogP contribution is -2.56. The average molecular weight is 577 g/mol. The van der Waals surface area contributed by atoms with Gasteiger partial charge >= 0.3 is 11.9 Å². The third kappa shape index (κ3) is 7.55. The van der Waals surface area contributed by atoms with E-state index in [1.54, 1.807) is 19.9 Å². The highest BCUT2D eigenvalue weighted by Gasteiger charge is 2.59. The zero-order valence-corrected chi connectivity index (χ0v) is 25.3. The van der Waals surface area contributed by atoms with Crippen molar-refractivity contribution < 1.29 is 43.4 Å². The van der Waals surface area contributed by atoms with E-state index < -0.39 is 22.4 Å². The molecule has 1 aromatic carbocycles. The van der Waals surface area contributed by atoms with Crippen LogP contribution in [0, 0.1) is 27.4 Å². The summed E-state index contributed by atoms with van der Waals surface area (Å²) in [4.78, 5) is 53.4. The third-order valence-electron chi connectivity index (χ3n) is 8.64. The summed E-state index contributed by atoms with van der Waals surface area (Å²) < 4.78 is 11.7. The van der Waals surface area contributed by atoms with Gasteiger partial charge in [-0.2, -0.15) is 0 Å². The maximum absolute atomic E-state index is 13.7. The van der Waals surface area contributed by atoms with Gasteiger partial charge in [-0.1, -0.05) is 26.3 Å². The van der Waals surface area contributed by atoms with Gasteiger partial charge in [0.2, 0.25) is 0 Å². The standard InChI is InChI=1S/C30H44N2O9/c1-29(2,28(36)39-12-10-8-9-11-13-40-31(37)38)19-14-24(34)27(25(15-19)41-26(35)18-32(5,6)7)20-16-23(33)22-17-21(20)30(22,3)4/h14-15,20-22H,8-13,16-18H2,1-7H3/t20-,21+,22-/m0/s1. The molecule has 0 aromatic heterocycles. The van der Waals surface area contributed by atoms with E-state index in [1.165, 1.54) is 6.07 Å². The zero-order chi connectivity index (χ0) is 30.8. The van der Waals surface area contributed by atoms with Crippen LogP contribution in [-0.4, -0.2) is 68.2 Å². The molecule has 0 saturated heterocycles. The smallest absolute Gasteiger partial charge is 0.367 e. The Balaban J connectivity index is 1.80. The highest BCUT2D eigenvalue weighted by molar-refractivity contribution is 5.87. The van der Waals surface area contributed by atoms with Gasteiger partial charge in [-0.05, 0) is 74.0 Å². The lowest BCUT2D eigenvalue weighted by molar-refractivity contribution is -0.862. The first-order valence-corrected chi connectivity index (χ1v) is 14.3. The number of hydrogen-bond acceptors (Lipinski definition) is 9. The molecule has 0 radical (unpaired) electrons. The molecule has 0 amide bonds. The molecule has 3 aliphatic carbocycles. The van der Waals surface area contributed by atoms with Crippen molar-refractivity contribution in [3.8, 4) is 11.5 Å². The second-order valence-corrected chi connectivity index (χ2v) is 13.5. The fourth-order valence-corrected chi connectivity index (χ4v) is 6.11. The highest BCUT2D eigenvalue weighted by atomic mass is 16.9. The topological polar surface area (TPSA) is 145 Å². The van der Waals surface area contributed by atoms with Gasteiger partial charge in [0.15, 0.2) is 6.54 Å². The molecule has 0 N–H and O–H groups in total. The second kappa shape index (κ2) is 12.3. The predicted octanol–water partition coefficient (Wildman–Crippen LogP) is 3.68. The summed E-state index contributed by atoms with van der Waals surface area (Å²) in [7, 11) is 5.57. The van der Waals surface area contributed by atoms with Gasteiger partial charge in [-0.15, -0.1) is 15.9 Å². The van der Waals surface area contributed by atoms with Gasteiger partial charge in [-0.25, -0.2) is 4.79 Å². The van der Waals surface area contributed by atoms with Gasteiger partial charge in [0.1, 0.15) is 11.5 Å². The molecule has 0 spiro atoms. The number of likely N-dealkylation sites (N-methyl/N-ethyl adjacent to an activating group) is 1. The molecule has 3 saturated carbocycles. The fraction of sp³-hybridized carbons (Fsp3) is 0.700. The van der Waals surface area contributed by atoms with E-state index in [1.807, 2.05) is 21.1 Å². The molecule has 3 atom stereocenters. The molecule has 1 aromatic rings. The molecular formula is C30H44N2O9. The molecule has 0 aliphatic heterocycles. The summed E-state index contributed by atoms with van der Waals surface area (Å²) >= 11 is 0. The molecule has 0 heterocycles. The number of quaternary nitrogens is 1. The number of ether oxygens (including phenoxy) is 2. The van der Waals surface area contributed by atoms with E-state index in [4.69, 9.17) is 9.47 Å². The van der Waals surface area contributed by atoms with E-state index in [0.29, 0.717) is 47.7 Å². The van der Waals surface area contributed by atoms with E-state index >= 15 is 0 Å². The summed E-state index contributed by atoms with van der Waals surface area (Å²) in [5.74, 6) is -1.40. The van der Waals surface area contributed by atoms with Crippen LogP contribution in [0.5, 0.6) is 11.5 Å². The number of Topliss-reactive ketones (excluding diaryl/α,β-unsaturated/α-hetero) is 1. The monoisotopic (exact) mass is 576 g/mol. The van der Waals surface area contributed by atoms with E-state index in [0.717, 1.165) is 0 Å². The summed E-state index contributed by atoms with van der Waals surface area (Å²) in [6, 6.07) is 2.99. The van der Waals surface area contributed by atoms with E-state index in [-0.39, 0.29) is 66.6 Å². The van der Waals surface area contributed by atoms with Crippen LogP contribution in [0.4, 0.5) is 0 Å². The SMILES string of the molecule is CC(C)(C(=O)OCCCCCCO[N+](=O)[O-])c1cc([O-])c([C@H]2CC(=O)[C@@H]3C[C@H]2C3(C)C)c(OC(=O)C[N+](C)(C)C)c1. The van der Waals surface area contributed by atoms with Crippen LogP contribution >= 0.6 is 0 Å². The summed E-state index contributed by atoms with van der Waals surface area (Å²) in [6.07, 6.45) is 3.45. The molecule has 3 aliphatic rings. The van der Waals surface area contributed by atoms with Crippen LogP contribution < -0.4 is 9.84 Å². The molecule has 3 fully saturated rings. The number of fused-ring (bicyclic) bond motifs is 2. The van der Waals surface area contributed by atoms with Gasteiger partial charge in [0.05, 0.1) is 39.8 Å². The maximum atomic E-state index is 13.7. The molecule has 11 heteroatoms. The normalized spacial score (nSPS) is 21.5. The number of esters is 2. The predicted molar refractivity (Wildman–Crippen MR) is 148 cm³/mol. The van der Waals surface area contributed by atoms with Gasteiger partial charge < -0.3 is 23.9 Å². The van der Waals surface area contributed by atoms with Crippen molar-refractivity contribution in [2.24, 2.45) is 17.3 Å². The number of rotatable bonds is 14. The van der Waals surface area contributed by atoms with Gasteiger partial charge in [0, 0.05) is 12.3 Å². The number of carbonyl (C=O) groups excluding carboxylic acids is 3. The lowest BCUT2D eigenvalue weighted by Gasteiger charge is -2.59. The molecule has 228 valence electrons. The minimum absolute atomic E-state index is 0.00889. The number of ketones is 1. The first-order chi connectivity index (χ1) is 18.9. The molecule has 11 nitrogen and oxygen atoms in total. The van der Waals surface area contributed by atoms with Crippen LogP contribution in [0.1, 0.15) is 83.3 Å². The second-order valence-electron chi connectivity index (χ2n) is 13.5. The lowest BCUT2D eigenvalue weighted by atomic mass is 9.44.